The second-order valence-corrected chi connectivity index (χ2v) is 5.82. The van der Waals surface area contributed by atoms with E-state index < -0.39 is 11.7 Å². The van der Waals surface area contributed by atoms with Crippen LogP contribution in [-0.2, 0) is 11.8 Å². The molecule has 2 aromatic heterocycles. The van der Waals surface area contributed by atoms with E-state index in [1.54, 1.807) is 29.3 Å². The zero-order valence-corrected chi connectivity index (χ0v) is 13.0. The number of pyridine rings is 1. The molecule has 0 saturated carbocycles. The Bertz CT molecular complexity index is 656. The van der Waals surface area contributed by atoms with Gasteiger partial charge < -0.3 is 4.74 Å². The normalized spacial score (nSPS) is 11.3. The topological polar surface area (TPSA) is 69.0 Å². The predicted octanol–water partition coefficient (Wildman–Crippen LogP) is 3.14. The molecular formula is C15H20N4O2. The number of hydrogen-bond acceptors (Lipinski definition) is 4. The van der Waals surface area contributed by atoms with Crippen LogP contribution < -0.4 is 5.32 Å². The lowest BCUT2D eigenvalue weighted by Gasteiger charge is -2.20. The predicted molar refractivity (Wildman–Crippen MR) is 81.0 cm³/mol. The summed E-state index contributed by atoms with van der Waals surface area (Å²) in [6.07, 6.45) is 4.60. The van der Waals surface area contributed by atoms with E-state index >= 15 is 0 Å². The van der Waals surface area contributed by atoms with Gasteiger partial charge in [0.15, 0.2) is 0 Å². The third kappa shape index (κ3) is 3.59. The maximum absolute atomic E-state index is 11.9. The van der Waals surface area contributed by atoms with Crippen molar-refractivity contribution in [2.45, 2.75) is 33.3 Å². The first kappa shape index (κ1) is 15.0. The summed E-state index contributed by atoms with van der Waals surface area (Å²) < 4.78 is 7.05. The Labute approximate surface area is 124 Å². The van der Waals surface area contributed by atoms with Crippen molar-refractivity contribution in [3.8, 4) is 11.1 Å². The summed E-state index contributed by atoms with van der Waals surface area (Å²) in [5, 5.41) is 6.98. The van der Waals surface area contributed by atoms with Gasteiger partial charge in [-0.05, 0) is 33.8 Å². The molecule has 1 N–H and O–H groups in total. The highest BCUT2D eigenvalue weighted by Crippen LogP contribution is 2.29. The smallest absolute Gasteiger partial charge is 0.412 e. The third-order valence-corrected chi connectivity index (χ3v) is 2.98. The summed E-state index contributed by atoms with van der Waals surface area (Å²) >= 11 is 0. The highest BCUT2D eigenvalue weighted by atomic mass is 16.6. The number of ether oxygens (including phenoxy) is 1. The Morgan fingerprint density at radius 3 is 2.57 bits per heavy atom. The third-order valence-electron chi connectivity index (χ3n) is 2.98. The molecule has 0 aromatic carbocycles. The molecule has 6 heteroatoms. The number of nitrogens with one attached hydrogen (secondary N) is 1. The van der Waals surface area contributed by atoms with Crippen LogP contribution in [0.1, 0.15) is 26.5 Å². The molecule has 0 aliphatic heterocycles. The number of aromatic nitrogens is 3. The van der Waals surface area contributed by atoms with E-state index in [1.807, 2.05) is 34.7 Å². The van der Waals surface area contributed by atoms with Crippen LogP contribution in [0.5, 0.6) is 0 Å². The van der Waals surface area contributed by atoms with Crippen LogP contribution in [-0.4, -0.2) is 26.5 Å². The number of nitrogens with zero attached hydrogens (tertiary/aromatic N) is 3. The standard InChI is InChI=1S/C15H20N4O2/c1-10-11(9-17-19(10)5)12-8-16-7-6-13(12)18-14(20)21-15(2,3)4/h6-9H,1-5H3,(H,16,18,20). The van der Waals surface area contributed by atoms with E-state index in [-0.39, 0.29) is 0 Å². The molecule has 0 bridgehead atoms. The minimum absolute atomic E-state index is 0.489. The Morgan fingerprint density at radius 2 is 2.00 bits per heavy atom. The van der Waals surface area contributed by atoms with Crippen molar-refractivity contribution in [2.75, 3.05) is 5.32 Å². The van der Waals surface area contributed by atoms with E-state index in [1.165, 1.54) is 0 Å². The first-order valence-electron chi connectivity index (χ1n) is 6.71. The van der Waals surface area contributed by atoms with Crippen molar-refractivity contribution in [3.05, 3.63) is 30.4 Å². The Kier molecular flexibility index (Phi) is 3.97. The molecule has 112 valence electrons. The maximum Gasteiger partial charge on any atom is 0.412 e. The summed E-state index contributed by atoms with van der Waals surface area (Å²) in [6, 6.07) is 1.74. The minimum Gasteiger partial charge on any atom is -0.444 e. The fraction of sp³-hybridized carbons (Fsp3) is 0.400. The molecule has 1 amide bonds. The molecule has 0 aliphatic carbocycles. The van der Waals surface area contributed by atoms with Gasteiger partial charge >= 0.3 is 6.09 Å². The van der Waals surface area contributed by atoms with Crippen molar-refractivity contribution in [3.63, 3.8) is 0 Å². The number of anilines is 1. The summed E-state index contributed by atoms with van der Waals surface area (Å²) in [5.74, 6) is 0. The van der Waals surface area contributed by atoms with Gasteiger partial charge in [-0.25, -0.2) is 4.79 Å². The molecule has 0 saturated heterocycles. The van der Waals surface area contributed by atoms with E-state index in [0.717, 1.165) is 16.8 Å². The van der Waals surface area contributed by atoms with E-state index in [4.69, 9.17) is 4.74 Å². The highest BCUT2D eigenvalue weighted by molar-refractivity contribution is 5.91. The monoisotopic (exact) mass is 288 g/mol. The molecule has 0 aliphatic rings. The van der Waals surface area contributed by atoms with Gasteiger partial charge in [-0.1, -0.05) is 0 Å². The Balaban J connectivity index is 2.30. The lowest BCUT2D eigenvalue weighted by Crippen LogP contribution is -2.27. The van der Waals surface area contributed by atoms with Crippen LogP contribution in [0.2, 0.25) is 0 Å². The van der Waals surface area contributed by atoms with Gasteiger partial charge in [0.25, 0.3) is 0 Å². The van der Waals surface area contributed by atoms with Gasteiger partial charge in [0.05, 0.1) is 11.9 Å². The first-order chi connectivity index (χ1) is 9.78. The molecule has 0 unspecified atom stereocenters. The van der Waals surface area contributed by atoms with Crippen molar-refractivity contribution < 1.29 is 9.53 Å². The van der Waals surface area contributed by atoms with Gasteiger partial charge in [-0.2, -0.15) is 5.10 Å². The number of aryl methyl sites for hydroxylation is 1. The highest BCUT2D eigenvalue weighted by Gasteiger charge is 2.18. The first-order valence-corrected chi connectivity index (χ1v) is 6.71. The van der Waals surface area contributed by atoms with Gasteiger partial charge in [-0.15, -0.1) is 0 Å². The number of carbonyl (C=O) groups excluding carboxylic acids is 1. The molecule has 2 aromatic rings. The fourth-order valence-electron chi connectivity index (χ4n) is 1.89. The van der Waals surface area contributed by atoms with Crippen molar-refractivity contribution in [1.82, 2.24) is 14.8 Å². The van der Waals surface area contributed by atoms with Crippen LogP contribution in [0.3, 0.4) is 0 Å². The van der Waals surface area contributed by atoms with Crippen LogP contribution in [0.25, 0.3) is 11.1 Å². The van der Waals surface area contributed by atoms with Crippen LogP contribution in [0.4, 0.5) is 10.5 Å². The molecule has 0 radical (unpaired) electrons. The van der Waals surface area contributed by atoms with E-state index in [0.29, 0.717) is 5.69 Å². The molecule has 0 atom stereocenters. The van der Waals surface area contributed by atoms with E-state index in [9.17, 15) is 4.79 Å². The maximum atomic E-state index is 11.9. The van der Waals surface area contributed by atoms with E-state index in [2.05, 4.69) is 15.4 Å². The van der Waals surface area contributed by atoms with Crippen molar-refractivity contribution in [1.29, 1.82) is 0 Å². The largest absolute Gasteiger partial charge is 0.444 e. The number of amides is 1. The molecular weight excluding hydrogens is 268 g/mol. The number of carbonyl (C=O) groups is 1. The van der Waals surface area contributed by atoms with Gasteiger partial charge in [0, 0.05) is 36.3 Å². The minimum atomic E-state index is -0.540. The zero-order valence-electron chi connectivity index (χ0n) is 13.0. The Morgan fingerprint density at radius 1 is 1.29 bits per heavy atom. The quantitative estimate of drug-likeness (QED) is 0.921. The summed E-state index contributed by atoms with van der Waals surface area (Å²) in [7, 11) is 1.87. The van der Waals surface area contributed by atoms with Gasteiger partial charge in [0.1, 0.15) is 5.60 Å². The van der Waals surface area contributed by atoms with Gasteiger partial charge in [0.2, 0.25) is 0 Å². The molecule has 0 fully saturated rings. The molecule has 6 nitrogen and oxygen atoms in total. The summed E-state index contributed by atoms with van der Waals surface area (Å²) in [4.78, 5) is 16.1. The number of hydrogen-bond donors (Lipinski definition) is 1. The second-order valence-electron chi connectivity index (χ2n) is 5.82. The van der Waals surface area contributed by atoms with Crippen molar-refractivity contribution in [2.24, 2.45) is 7.05 Å². The fourth-order valence-corrected chi connectivity index (χ4v) is 1.89. The molecule has 21 heavy (non-hydrogen) atoms. The SMILES string of the molecule is Cc1c(-c2cnccc2NC(=O)OC(C)(C)C)cnn1C. The van der Waals surface area contributed by atoms with Crippen molar-refractivity contribution >= 4 is 11.8 Å². The molecule has 0 spiro atoms. The molecule has 2 heterocycles. The number of rotatable bonds is 2. The van der Waals surface area contributed by atoms with Crippen LogP contribution >= 0.6 is 0 Å². The summed E-state index contributed by atoms with van der Waals surface area (Å²) in [5.41, 5.74) is 2.85. The van der Waals surface area contributed by atoms with Crippen LogP contribution in [0.15, 0.2) is 24.7 Å². The lowest BCUT2D eigenvalue weighted by molar-refractivity contribution is 0.0636. The zero-order chi connectivity index (χ0) is 15.6. The average Bonchev–Trinajstić information content (AvgIpc) is 2.68. The van der Waals surface area contributed by atoms with Crippen LogP contribution in [0, 0.1) is 6.92 Å². The lowest BCUT2D eigenvalue weighted by atomic mass is 10.1. The Hall–Kier alpha value is -2.37. The van der Waals surface area contributed by atoms with Gasteiger partial charge in [-0.3, -0.25) is 15.0 Å². The summed E-state index contributed by atoms with van der Waals surface area (Å²) in [6.45, 7) is 7.44. The molecule has 2 rings (SSSR count). The second kappa shape index (κ2) is 5.55. The average molecular weight is 288 g/mol.